The lowest BCUT2D eigenvalue weighted by Crippen LogP contribution is -2.60. The number of carbonyl (C=O) groups excluding carboxylic acids is 1. The zero-order valence-corrected chi connectivity index (χ0v) is 21.9. The molecule has 2 aromatic rings. The summed E-state index contributed by atoms with van der Waals surface area (Å²) in [5.74, 6) is -0.649. The third kappa shape index (κ3) is 5.76. The maximum Gasteiger partial charge on any atom is 0.229 e. The molecule has 0 spiro atoms. The Balaban J connectivity index is 1.33. The SMILES string of the molecule is O=C1CC(c2ccc(O)c(OC3OC(CO)C(O)C(O)C3O)c2)Oc2cc(OC3OC(CO)C(O)C(O)C3O)ccc21. The van der Waals surface area contributed by atoms with Crippen LogP contribution >= 0.6 is 0 Å². The average Bonchev–Trinajstić information content (AvgIpc) is 2.98. The summed E-state index contributed by atoms with van der Waals surface area (Å²) >= 11 is 0. The molecule has 0 aliphatic carbocycles. The van der Waals surface area contributed by atoms with Crippen molar-refractivity contribution < 1.29 is 74.4 Å². The first-order chi connectivity index (χ1) is 20.0. The predicted octanol–water partition coefficient (Wildman–Crippen LogP) is -2.54. The minimum absolute atomic E-state index is 0.0869. The largest absolute Gasteiger partial charge is 0.504 e. The fraction of sp³-hybridized carbons (Fsp3) is 0.519. The molecular formula is C27H32O15. The molecule has 2 saturated heterocycles. The Kier molecular flexibility index (Phi) is 8.86. The van der Waals surface area contributed by atoms with Crippen molar-refractivity contribution in [2.45, 2.75) is 73.9 Å². The van der Waals surface area contributed by atoms with Crippen LogP contribution in [0.4, 0.5) is 0 Å². The number of Topliss-reactive ketones (excluding diaryl/α,β-unsaturated/α-hetero) is 1. The number of hydrogen-bond donors (Lipinski definition) is 9. The van der Waals surface area contributed by atoms with Gasteiger partial charge in [-0.1, -0.05) is 6.07 Å². The molecule has 9 N–H and O–H groups in total. The molecule has 0 radical (unpaired) electrons. The Labute approximate surface area is 238 Å². The van der Waals surface area contributed by atoms with Crippen LogP contribution in [0.5, 0.6) is 23.0 Å². The minimum atomic E-state index is -1.72. The average molecular weight is 597 g/mol. The van der Waals surface area contributed by atoms with E-state index in [1.807, 2.05) is 0 Å². The molecule has 11 atom stereocenters. The fourth-order valence-corrected chi connectivity index (χ4v) is 4.98. The van der Waals surface area contributed by atoms with E-state index in [9.17, 15) is 50.8 Å². The Morgan fingerprint density at radius 1 is 0.738 bits per heavy atom. The van der Waals surface area contributed by atoms with Crippen molar-refractivity contribution in [2.24, 2.45) is 0 Å². The summed E-state index contributed by atoms with van der Waals surface area (Å²) in [5, 5.41) is 89.7. The first-order valence-corrected chi connectivity index (χ1v) is 13.1. The highest BCUT2D eigenvalue weighted by Crippen LogP contribution is 2.40. The Hall–Kier alpha value is -3.09. The smallest absolute Gasteiger partial charge is 0.229 e. The summed E-state index contributed by atoms with van der Waals surface area (Å²) in [6, 6.07) is 8.32. The summed E-state index contributed by atoms with van der Waals surface area (Å²) in [6.07, 6.45) is -16.2. The van der Waals surface area contributed by atoms with Crippen LogP contribution in [-0.2, 0) is 9.47 Å². The maximum atomic E-state index is 12.9. The lowest BCUT2D eigenvalue weighted by atomic mass is 9.96. The number of ketones is 1. The van der Waals surface area contributed by atoms with Crippen molar-refractivity contribution in [1.29, 1.82) is 0 Å². The van der Waals surface area contributed by atoms with Gasteiger partial charge in [0.15, 0.2) is 17.3 Å². The predicted molar refractivity (Wildman–Crippen MR) is 136 cm³/mol. The zero-order chi connectivity index (χ0) is 30.3. The molecular weight excluding hydrogens is 564 g/mol. The number of fused-ring (bicyclic) bond motifs is 1. The number of benzene rings is 2. The van der Waals surface area contributed by atoms with E-state index in [1.54, 1.807) is 0 Å². The van der Waals surface area contributed by atoms with Gasteiger partial charge in [0.1, 0.15) is 66.4 Å². The Morgan fingerprint density at radius 3 is 1.93 bits per heavy atom. The van der Waals surface area contributed by atoms with Crippen LogP contribution in [0.3, 0.4) is 0 Å². The minimum Gasteiger partial charge on any atom is -0.504 e. The van der Waals surface area contributed by atoms with Crippen LogP contribution in [-0.4, -0.2) is 126 Å². The van der Waals surface area contributed by atoms with Gasteiger partial charge in [0.05, 0.1) is 25.2 Å². The lowest BCUT2D eigenvalue weighted by molar-refractivity contribution is -0.277. The quantitative estimate of drug-likeness (QED) is 0.160. The monoisotopic (exact) mass is 596 g/mol. The van der Waals surface area contributed by atoms with Gasteiger partial charge in [-0.3, -0.25) is 4.79 Å². The molecule has 2 fully saturated rings. The number of aliphatic hydroxyl groups is 8. The lowest BCUT2D eigenvalue weighted by Gasteiger charge is -2.39. The van der Waals surface area contributed by atoms with E-state index in [0.717, 1.165) is 0 Å². The van der Waals surface area contributed by atoms with Gasteiger partial charge >= 0.3 is 0 Å². The van der Waals surface area contributed by atoms with E-state index in [0.29, 0.717) is 5.56 Å². The summed E-state index contributed by atoms with van der Waals surface area (Å²) in [6.45, 7) is -1.31. The van der Waals surface area contributed by atoms with Gasteiger partial charge in [-0.2, -0.15) is 0 Å². The van der Waals surface area contributed by atoms with Crippen molar-refractivity contribution in [1.82, 2.24) is 0 Å². The van der Waals surface area contributed by atoms with Crippen LogP contribution in [0.2, 0.25) is 0 Å². The van der Waals surface area contributed by atoms with E-state index in [2.05, 4.69) is 0 Å². The molecule has 0 amide bonds. The van der Waals surface area contributed by atoms with Crippen molar-refractivity contribution in [3.05, 3.63) is 47.5 Å². The summed E-state index contributed by atoms with van der Waals surface area (Å²) in [4.78, 5) is 12.9. The third-order valence-corrected chi connectivity index (χ3v) is 7.44. The number of phenolic OH excluding ortho intramolecular Hbond substituents is 1. The molecule has 230 valence electrons. The van der Waals surface area contributed by atoms with Gasteiger partial charge in [-0.05, 0) is 29.8 Å². The third-order valence-electron chi connectivity index (χ3n) is 7.44. The fourth-order valence-electron chi connectivity index (χ4n) is 4.98. The number of ether oxygens (including phenoxy) is 5. The van der Waals surface area contributed by atoms with Crippen LogP contribution in [0, 0.1) is 0 Å². The standard InChI is InChI=1S/C27H32O15/c28-8-18-20(32)22(34)24(36)26(41-18)38-11-2-3-12-14(31)7-15(39-16(12)6-11)10-1-4-13(30)17(5-10)40-27-25(37)23(35)21(33)19(9-29)42-27/h1-6,15,18-30,32-37H,7-9H2. The van der Waals surface area contributed by atoms with Crippen LogP contribution in [0.25, 0.3) is 0 Å². The number of carbonyl (C=O) groups is 1. The Morgan fingerprint density at radius 2 is 1.33 bits per heavy atom. The number of rotatable bonds is 7. The van der Waals surface area contributed by atoms with Gasteiger partial charge in [0, 0.05) is 6.07 Å². The molecule has 3 aliphatic heterocycles. The molecule has 0 saturated carbocycles. The number of aliphatic hydroxyl groups excluding tert-OH is 8. The van der Waals surface area contributed by atoms with E-state index in [1.165, 1.54) is 36.4 Å². The van der Waals surface area contributed by atoms with E-state index < -0.39 is 80.7 Å². The van der Waals surface area contributed by atoms with Crippen molar-refractivity contribution in [3.63, 3.8) is 0 Å². The van der Waals surface area contributed by atoms with Crippen molar-refractivity contribution in [2.75, 3.05) is 13.2 Å². The van der Waals surface area contributed by atoms with Gasteiger partial charge in [0.2, 0.25) is 12.6 Å². The summed E-state index contributed by atoms with van der Waals surface area (Å²) in [7, 11) is 0. The van der Waals surface area contributed by atoms with Gasteiger partial charge < -0.3 is 69.6 Å². The molecule has 15 nitrogen and oxygen atoms in total. The number of phenols is 1. The summed E-state index contributed by atoms with van der Waals surface area (Å²) in [5.41, 5.74) is 0.621. The molecule has 5 rings (SSSR count). The zero-order valence-electron chi connectivity index (χ0n) is 21.9. The normalized spacial score (nSPS) is 36.6. The van der Waals surface area contributed by atoms with Crippen molar-refractivity contribution >= 4 is 5.78 Å². The molecule has 42 heavy (non-hydrogen) atoms. The first kappa shape index (κ1) is 30.4. The second-order valence-electron chi connectivity index (χ2n) is 10.2. The molecule has 3 aliphatic rings. The molecule has 2 aromatic carbocycles. The number of hydrogen-bond acceptors (Lipinski definition) is 15. The first-order valence-electron chi connectivity index (χ1n) is 13.1. The van der Waals surface area contributed by atoms with Gasteiger partial charge in [0.25, 0.3) is 0 Å². The highest BCUT2D eigenvalue weighted by molar-refractivity contribution is 6.00. The molecule has 3 heterocycles. The van der Waals surface area contributed by atoms with Gasteiger partial charge in [-0.25, -0.2) is 0 Å². The van der Waals surface area contributed by atoms with Gasteiger partial charge in [-0.15, -0.1) is 0 Å². The number of aromatic hydroxyl groups is 1. The molecule has 15 heteroatoms. The van der Waals surface area contributed by atoms with E-state index in [-0.39, 0.29) is 40.8 Å². The van der Waals surface area contributed by atoms with Crippen LogP contribution < -0.4 is 14.2 Å². The maximum absolute atomic E-state index is 12.9. The molecule has 0 bridgehead atoms. The highest BCUT2D eigenvalue weighted by Gasteiger charge is 2.46. The second kappa shape index (κ2) is 12.3. The van der Waals surface area contributed by atoms with Crippen LogP contribution in [0.15, 0.2) is 36.4 Å². The topological polar surface area (TPSA) is 245 Å². The summed E-state index contributed by atoms with van der Waals surface area (Å²) < 4.78 is 27.9. The highest BCUT2D eigenvalue weighted by atomic mass is 16.7. The van der Waals surface area contributed by atoms with Crippen molar-refractivity contribution in [3.8, 4) is 23.0 Å². The molecule has 0 aromatic heterocycles. The Bertz CT molecular complexity index is 1270. The molecule has 11 unspecified atom stereocenters. The van der Waals surface area contributed by atoms with E-state index >= 15 is 0 Å². The van der Waals surface area contributed by atoms with Crippen LogP contribution in [0.1, 0.15) is 28.4 Å². The van der Waals surface area contributed by atoms with E-state index in [4.69, 9.17) is 23.7 Å². The second-order valence-corrected chi connectivity index (χ2v) is 10.2.